The van der Waals surface area contributed by atoms with Crippen LogP contribution < -0.4 is 0 Å². The van der Waals surface area contributed by atoms with Gasteiger partial charge in [-0.05, 0) is 64.4 Å². The molecule has 0 saturated carbocycles. The lowest BCUT2D eigenvalue weighted by Crippen LogP contribution is -2.61. The van der Waals surface area contributed by atoms with Gasteiger partial charge in [0.15, 0.2) is 11.6 Å². The molecule has 1 aromatic rings. The lowest BCUT2D eigenvalue weighted by Gasteiger charge is -2.51. The van der Waals surface area contributed by atoms with E-state index in [4.69, 9.17) is 18.9 Å². The first-order valence-corrected chi connectivity index (χ1v) is 14.0. The summed E-state index contributed by atoms with van der Waals surface area (Å²) in [5, 5.41) is 0. The molecule has 3 saturated heterocycles. The quantitative estimate of drug-likeness (QED) is 0.246. The van der Waals surface area contributed by atoms with Crippen LogP contribution >= 0.6 is 0 Å². The van der Waals surface area contributed by atoms with Crippen LogP contribution in [0.2, 0.25) is 0 Å². The summed E-state index contributed by atoms with van der Waals surface area (Å²) in [5.41, 5.74) is 1.37. The standard InChI is InChI=1S/C30H47NO4/c1-4-30(32-21-22-33-30)20-14-9-7-5-6-8-13-17-26-18-19-28-27(24-34-29(2,3)35-28)31(26)23-25-15-11-10-12-16-25/h8,10-13,15-16,26-28H,4-7,9,14,17-24H2,1-3H3/b13-8-/t26-,27-,28+/m0/s1. The van der Waals surface area contributed by atoms with Gasteiger partial charge in [0.05, 0.1) is 32.0 Å². The molecule has 3 atom stereocenters. The maximum Gasteiger partial charge on any atom is 0.168 e. The van der Waals surface area contributed by atoms with Gasteiger partial charge >= 0.3 is 0 Å². The lowest BCUT2D eigenvalue weighted by atomic mass is 9.89. The van der Waals surface area contributed by atoms with Gasteiger partial charge in [-0.1, -0.05) is 62.2 Å². The zero-order chi connectivity index (χ0) is 24.6. The van der Waals surface area contributed by atoms with Gasteiger partial charge in [-0.15, -0.1) is 0 Å². The molecule has 0 spiro atoms. The van der Waals surface area contributed by atoms with Gasteiger partial charge in [-0.2, -0.15) is 0 Å². The first-order chi connectivity index (χ1) is 17.0. The van der Waals surface area contributed by atoms with Crippen molar-refractivity contribution >= 4 is 0 Å². The maximum absolute atomic E-state index is 6.33. The number of nitrogens with zero attached hydrogens (tertiary/aromatic N) is 1. The molecule has 1 aromatic carbocycles. The van der Waals surface area contributed by atoms with Crippen LogP contribution in [0.25, 0.3) is 0 Å². The van der Waals surface area contributed by atoms with Crippen molar-refractivity contribution in [1.82, 2.24) is 4.90 Å². The summed E-state index contributed by atoms with van der Waals surface area (Å²) in [4.78, 5) is 2.65. The van der Waals surface area contributed by atoms with Gasteiger partial charge in [-0.25, -0.2) is 0 Å². The van der Waals surface area contributed by atoms with E-state index >= 15 is 0 Å². The van der Waals surface area contributed by atoms with Crippen LogP contribution in [0.5, 0.6) is 0 Å². The highest BCUT2D eigenvalue weighted by Crippen LogP contribution is 2.36. The Morgan fingerprint density at radius 2 is 1.71 bits per heavy atom. The molecule has 0 aromatic heterocycles. The predicted molar refractivity (Wildman–Crippen MR) is 140 cm³/mol. The second-order valence-corrected chi connectivity index (χ2v) is 10.9. The average molecular weight is 486 g/mol. The first-order valence-electron chi connectivity index (χ1n) is 14.0. The van der Waals surface area contributed by atoms with Crippen LogP contribution in [0.4, 0.5) is 0 Å². The van der Waals surface area contributed by atoms with Crippen LogP contribution in [0.15, 0.2) is 42.5 Å². The Balaban J connectivity index is 1.21. The summed E-state index contributed by atoms with van der Waals surface area (Å²) in [6.45, 7) is 9.46. The van der Waals surface area contributed by atoms with Crippen molar-refractivity contribution in [1.29, 1.82) is 0 Å². The largest absolute Gasteiger partial charge is 0.349 e. The molecule has 3 heterocycles. The Bertz CT molecular complexity index is 774. The molecule has 0 aliphatic carbocycles. The van der Waals surface area contributed by atoms with E-state index in [0.717, 1.165) is 52.0 Å². The number of allylic oxidation sites excluding steroid dienone is 1. The van der Waals surface area contributed by atoms with E-state index in [0.29, 0.717) is 12.1 Å². The molecule has 0 amide bonds. The zero-order valence-corrected chi connectivity index (χ0v) is 22.3. The number of rotatable bonds is 12. The van der Waals surface area contributed by atoms with Crippen LogP contribution in [-0.4, -0.2) is 54.5 Å². The van der Waals surface area contributed by atoms with Gasteiger partial charge < -0.3 is 18.9 Å². The van der Waals surface area contributed by atoms with E-state index in [1.165, 1.54) is 44.1 Å². The third-order valence-electron chi connectivity index (χ3n) is 7.96. The van der Waals surface area contributed by atoms with E-state index in [2.05, 4.69) is 54.3 Å². The van der Waals surface area contributed by atoms with Crippen molar-refractivity contribution < 1.29 is 18.9 Å². The number of fused-ring (bicyclic) bond motifs is 1. The Labute approximate surface area is 213 Å². The van der Waals surface area contributed by atoms with Gasteiger partial charge in [-0.3, -0.25) is 4.90 Å². The fourth-order valence-electron chi connectivity index (χ4n) is 5.92. The topological polar surface area (TPSA) is 40.2 Å². The minimum absolute atomic E-state index is 0.259. The third kappa shape index (κ3) is 7.62. The third-order valence-corrected chi connectivity index (χ3v) is 7.96. The van der Waals surface area contributed by atoms with Crippen LogP contribution in [0.1, 0.15) is 90.5 Å². The summed E-state index contributed by atoms with van der Waals surface area (Å²) >= 11 is 0. The number of hydrogen-bond donors (Lipinski definition) is 0. The molecule has 0 radical (unpaired) electrons. The van der Waals surface area contributed by atoms with Gasteiger partial charge in [0, 0.05) is 19.0 Å². The van der Waals surface area contributed by atoms with E-state index in [9.17, 15) is 0 Å². The fourth-order valence-corrected chi connectivity index (χ4v) is 5.92. The summed E-state index contributed by atoms with van der Waals surface area (Å²) in [7, 11) is 0. The van der Waals surface area contributed by atoms with Crippen molar-refractivity contribution in [2.75, 3.05) is 19.8 Å². The number of piperidine rings is 1. The number of unbranched alkanes of at least 4 members (excludes halogenated alkanes) is 4. The van der Waals surface area contributed by atoms with Crippen molar-refractivity contribution in [3.8, 4) is 0 Å². The SMILES string of the molecule is CCC1(CCCCCC/C=C\C[C@H]2CC[C@H]3OC(C)(C)OC[C@@H]3N2Cc2ccccc2)OCCO1. The smallest absolute Gasteiger partial charge is 0.168 e. The highest BCUT2D eigenvalue weighted by Gasteiger charge is 2.44. The van der Waals surface area contributed by atoms with E-state index in [1.54, 1.807) is 0 Å². The summed E-state index contributed by atoms with van der Waals surface area (Å²) in [6.07, 6.45) is 16.6. The van der Waals surface area contributed by atoms with Crippen molar-refractivity contribution in [2.45, 2.75) is 121 Å². The average Bonchev–Trinajstić information content (AvgIpc) is 3.33. The predicted octanol–water partition coefficient (Wildman–Crippen LogP) is 6.61. The number of likely N-dealkylation sites (tertiary alicyclic amines) is 1. The molecule has 3 fully saturated rings. The highest BCUT2D eigenvalue weighted by molar-refractivity contribution is 5.15. The van der Waals surface area contributed by atoms with Gasteiger partial charge in [0.1, 0.15) is 0 Å². The lowest BCUT2D eigenvalue weighted by molar-refractivity contribution is -0.305. The zero-order valence-electron chi connectivity index (χ0n) is 22.3. The van der Waals surface area contributed by atoms with Gasteiger partial charge in [0.2, 0.25) is 0 Å². The monoisotopic (exact) mass is 485 g/mol. The number of benzene rings is 1. The maximum atomic E-state index is 6.33. The van der Waals surface area contributed by atoms with Crippen molar-refractivity contribution in [2.24, 2.45) is 0 Å². The molecule has 5 heteroatoms. The second-order valence-electron chi connectivity index (χ2n) is 10.9. The molecule has 0 bridgehead atoms. The van der Waals surface area contributed by atoms with Crippen LogP contribution in [-0.2, 0) is 25.5 Å². The highest BCUT2D eigenvalue weighted by atomic mass is 16.7. The molecule has 3 aliphatic heterocycles. The second kappa shape index (κ2) is 12.8. The first kappa shape index (κ1) is 26.8. The molecular formula is C30H47NO4. The van der Waals surface area contributed by atoms with E-state index in [1.807, 2.05) is 13.8 Å². The summed E-state index contributed by atoms with van der Waals surface area (Å²) < 4.78 is 24.1. The Kier molecular flexibility index (Phi) is 9.83. The summed E-state index contributed by atoms with van der Waals surface area (Å²) in [6, 6.07) is 11.7. The molecule has 4 rings (SSSR count). The van der Waals surface area contributed by atoms with Crippen LogP contribution in [0.3, 0.4) is 0 Å². The Morgan fingerprint density at radius 3 is 2.49 bits per heavy atom. The fraction of sp³-hybridized carbons (Fsp3) is 0.733. The van der Waals surface area contributed by atoms with Crippen molar-refractivity contribution in [3.63, 3.8) is 0 Å². The molecule has 0 unspecified atom stereocenters. The Hall–Kier alpha value is -1.24. The molecule has 0 N–H and O–H groups in total. The molecule has 3 aliphatic rings. The summed E-state index contributed by atoms with van der Waals surface area (Å²) in [5.74, 6) is -0.755. The molecule has 35 heavy (non-hydrogen) atoms. The molecule has 5 nitrogen and oxygen atoms in total. The number of ether oxygens (including phenoxy) is 4. The van der Waals surface area contributed by atoms with Crippen molar-refractivity contribution in [3.05, 3.63) is 48.0 Å². The molecular weight excluding hydrogens is 438 g/mol. The Morgan fingerprint density at radius 1 is 0.943 bits per heavy atom. The van der Waals surface area contributed by atoms with E-state index in [-0.39, 0.29) is 11.9 Å². The van der Waals surface area contributed by atoms with Crippen LogP contribution in [0, 0.1) is 0 Å². The normalized spacial score (nSPS) is 28.4. The number of hydrogen-bond acceptors (Lipinski definition) is 5. The molecule has 196 valence electrons. The van der Waals surface area contributed by atoms with Gasteiger partial charge in [0.25, 0.3) is 0 Å². The minimum Gasteiger partial charge on any atom is -0.349 e. The minimum atomic E-state index is -0.472. The van der Waals surface area contributed by atoms with E-state index < -0.39 is 5.79 Å².